The molecular formula is C16H21N9. The minimum Gasteiger partial charge on any atom is -0.382 e. The first-order valence-corrected chi connectivity index (χ1v) is 8.34. The Hall–Kier alpha value is -2.81. The van der Waals surface area contributed by atoms with E-state index in [2.05, 4.69) is 24.8 Å². The number of piperidine rings is 1. The fourth-order valence-corrected chi connectivity index (χ4v) is 3.80. The monoisotopic (exact) mass is 339 g/mol. The fourth-order valence-electron chi connectivity index (χ4n) is 3.80. The highest BCUT2D eigenvalue weighted by Crippen LogP contribution is 2.51. The lowest BCUT2D eigenvalue weighted by Crippen LogP contribution is -2.32. The van der Waals surface area contributed by atoms with Crippen molar-refractivity contribution in [1.29, 1.82) is 5.41 Å². The topological polar surface area (TPSA) is 157 Å². The molecule has 3 unspecified atom stereocenters. The Balaban J connectivity index is 1.54. The molecule has 3 atom stereocenters. The van der Waals surface area contributed by atoms with E-state index in [0.29, 0.717) is 23.2 Å². The van der Waals surface area contributed by atoms with E-state index in [1.54, 1.807) is 12.3 Å². The van der Waals surface area contributed by atoms with Crippen LogP contribution in [-0.2, 0) is 0 Å². The second-order valence-electron chi connectivity index (χ2n) is 6.60. The van der Waals surface area contributed by atoms with Gasteiger partial charge in [0, 0.05) is 19.3 Å². The van der Waals surface area contributed by atoms with Crippen molar-refractivity contribution in [2.24, 2.45) is 23.5 Å². The lowest BCUT2D eigenvalue weighted by molar-refractivity contribution is 0.546. The molecule has 2 aromatic heterocycles. The van der Waals surface area contributed by atoms with Crippen LogP contribution in [0.1, 0.15) is 17.8 Å². The maximum absolute atomic E-state index is 8.26. The summed E-state index contributed by atoms with van der Waals surface area (Å²) in [7, 11) is 0. The molecule has 130 valence electrons. The molecule has 4 rings (SSSR count). The van der Waals surface area contributed by atoms with Gasteiger partial charge < -0.3 is 22.1 Å². The molecule has 1 saturated heterocycles. The van der Waals surface area contributed by atoms with E-state index < -0.39 is 0 Å². The molecule has 7 N–H and O–H groups in total. The molecule has 0 spiro atoms. The van der Waals surface area contributed by atoms with Crippen LogP contribution in [0.4, 0.5) is 17.6 Å². The summed E-state index contributed by atoms with van der Waals surface area (Å²) in [6.07, 6.45) is 4.30. The number of rotatable bonds is 4. The zero-order valence-corrected chi connectivity index (χ0v) is 13.8. The van der Waals surface area contributed by atoms with Crippen LogP contribution in [0.25, 0.3) is 0 Å². The molecule has 25 heavy (non-hydrogen) atoms. The van der Waals surface area contributed by atoms with Crippen molar-refractivity contribution in [2.75, 3.05) is 36.0 Å². The van der Waals surface area contributed by atoms with E-state index in [1.165, 1.54) is 6.20 Å². The van der Waals surface area contributed by atoms with E-state index >= 15 is 0 Å². The van der Waals surface area contributed by atoms with Crippen molar-refractivity contribution in [3.8, 4) is 0 Å². The number of hydrogen-bond acceptors (Lipinski definition) is 9. The normalized spacial score (nSPS) is 24.7. The number of nitrogen functional groups attached to an aromatic ring is 2. The number of nitrogens with two attached hydrogens (primary N) is 3. The number of fused-ring (bicyclic) bond motifs is 1. The van der Waals surface area contributed by atoms with Crippen LogP contribution in [0.2, 0.25) is 0 Å². The van der Waals surface area contributed by atoms with Crippen LogP contribution in [-0.4, -0.2) is 45.3 Å². The molecule has 2 aromatic rings. The van der Waals surface area contributed by atoms with Crippen molar-refractivity contribution in [1.82, 2.24) is 19.9 Å². The third kappa shape index (κ3) is 2.76. The van der Waals surface area contributed by atoms with E-state index in [9.17, 15) is 0 Å². The number of hydrogen-bond donors (Lipinski definition) is 4. The first-order chi connectivity index (χ1) is 12.1. The highest BCUT2D eigenvalue weighted by molar-refractivity contribution is 6.10. The zero-order chi connectivity index (χ0) is 17.6. The first kappa shape index (κ1) is 15.7. The number of aromatic nitrogens is 4. The number of anilines is 3. The van der Waals surface area contributed by atoms with Crippen molar-refractivity contribution >= 4 is 23.3 Å². The summed E-state index contributed by atoms with van der Waals surface area (Å²) in [5.41, 5.74) is 18.2. The summed E-state index contributed by atoms with van der Waals surface area (Å²) in [5, 5.41) is 8.26. The summed E-state index contributed by atoms with van der Waals surface area (Å²) in [4.78, 5) is 18.9. The molecule has 1 saturated carbocycles. The molecule has 9 heteroatoms. The Morgan fingerprint density at radius 1 is 1.24 bits per heavy atom. The van der Waals surface area contributed by atoms with Gasteiger partial charge in [0.1, 0.15) is 17.2 Å². The van der Waals surface area contributed by atoms with Gasteiger partial charge in [-0.25, -0.2) is 19.9 Å². The quantitative estimate of drug-likeness (QED) is 0.561. The summed E-state index contributed by atoms with van der Waals surface area (Å²) in [6, 6.07) is 1.60. The van der Waals surface area contributed by atoms with Gasteiger partial charge in [0.15, 0.2) is 5.82 Å². The Morgan fingerprint density at radius 2 is 2.08 bits per heavy atom. The van der Waals surface area contributed by atoms with E-state index in [-0.39, 0.29) is 17.5 Å². The van der Waals surface area contributed by atoms with Crippen molar-refractivity contribution in [3.63, 3.8) is 0 Å². The molecule has 0 aromatic carbocycles. The number of nitrogens with zero attached hydrogens (tertiary/aromatic N) is 5. The Morgan fingerprint density at radius 3 is 2.80 bits per heavy atom. The van der Waals surface area contributed by atoms with Gasteiger partial charge >= 0.3 is 0 Å². The minimum atomic E-state index is 0.0785. The second kappa shape index (κ2) is 5.92. The minimum absolute atomic E-state index is 0.0785. The Bertz CT molecular complexity index is 817. The molecule has 0 radical (unpaired) electrons. The molecule has 2 fully saturated rings. The van der Waals surface area contributed by atoms with Crippen LogP contribution in [0.15, 0.2) is 18.5 Å². The average Bonchev–Trinajstić information content (AvgIpc) is 3.33. The summed E-state index contributed by atoms with van der Waals surface area (Å²) >= 11 is 0. The van der Waals surface area contributed by atoms with Crippen molar-refractivity contribution in [2.45, 2.75) is 6.42 Å². The first-order valence-electron chi connectivity index (χ1n) is 8.34. The molecular weight excluding hydrogens is 318 g/mol. The average molecular weight is 339 g/mol. The second-order valence-corrected chi connectivity index (χ2v) is 6.60. The van der Waals surface area contributed by atoms with Gasteiger partial charge in [-0.1, -0.05) is 0 Å². The molecule has 0 amide bonds. The SMILES string of the molecule is N=C(c1ccnc(N)n1)c1ncc(N2CCC3C(CN)C3C2)nc1N. The highest BCUT2D eigenvalue weighted by atomic mass is 15.2. The Labute approximate surface area is 145 Å². The lowest BCUT2D eigenvalue weighted by Gasteiger charge is -2.27. The van der Waals surface area contributed by atoms with Gasteiger partial charge in [-0.15, -0.1) is 0 Å². The fraction of sp³-hybridized carbons (Fsp3) is 0.438. The molecule has 2 aliphatic rings. The standard InChI is InChI=1S/C16H21N9/c17-5-9-8-2-4-25(7-10(8)9)12-6-22-14(15(19)24-12)13(18)11-1-3-21-16(20)23-11/h1,3,6,8-10,18H,2,4-5,7,17H2,(H2,19,24)(H2,20,21,23). The van der Waals surface area contributed by atoms with E-state index in [0.717, 1.165) is 37.8 Å². The summed E-state index contributed by atoms with van der Waals surface area (Å²) in [6.45, 7) is 2.64. The van der Waals surface area contributed by atoms with Crippen LogP contribution in [0.3, 0.4) is 0 Å². The third-order valence-electron chi connectivity index (χ3n) is 5.22. The zero-order valence-electron chi connectivity index (χ0n) is 13.8. The van der Waals surface area contributed by atoms with Gasteiger partial charge in [-0.05, 0) is 36.8 Å². The predicted octanol–water partition coefficient (Wildman–Crippen LogP) is -0.122. The van der Waals surface area contributed by atoms with Gasteiger partial charge in [-0.2, -0.15) is 0 Å². The summed E-state index contributed by atoms with van der Waals surface area (Å²) in [5.74, 6) is 3.13. The summed E-state index contributed by atoms with van der Waals surface area (Å²) < 4.78 is 0. The van der Waals surface area contributed by atoms with Gasteiger partial charge in [0.2, 0.25) is 5.95 Å². The Kier molecular flexibility index (Phi) is 3.72. The molecule has 3 heterocycles. The molecule has 1 aliphatic carbocycles. The largest absolute Gasteiger partial charge is 0.382 e. The van der Waals surface area contributed by atoms with Crippen molar-refractivity contribution in [3.05, 3.63) is 29.8 Å². The third-order valence-corrected chi connectivity index (χ3v) is 5.22. The van der Waals surface area contributed by atoms with Crippen LogP contribution in [0, 0.1) is 23.2 Å². The van der Waals surface area contributed by atoms with Crippen LogP contribution < -0.4 is 22.1 Å². The van der Waals surface area contributed by atoms with Gasteiger partial charge in [0.05, 0.1) is 11.9 Å². The molecule has 1 aliphatic heterocycles. The maximum atomic E-state index is 8.26. The highest BCUT2D eigenvalue weighted by Gasteiger charge is 2.51. The van der Waals surface area contributed by atoms with E-state index in [1.807, 2.05) is 0 Å². The van der Waals surface area contributed by atoms with Crippen LogP contribution >= 0.6 is 0 Å². The smallest absolute Gasteiger partial charge is 0.220 e. The number of nitrogens with one attached hydrogen (secondary N) is 1. The van der Waals surface area contributed by atoms with Gasteiger partial charge in [-0.3, -0.25) is 5.41 Å². The maximum Gasteiger partial charge on any atom is 0.220 e. The van der Waals surface area contributed by atoms with Crippen molar-refractivity contribution < 1.29 is 0 Å². The van der Waals surface area contributed by atoms with Gasteiger partial charge in [0.25, 0.3) is 0 Å². The van der Waals surface area contributed by atoms with E-state index in [4.69, 9.17) is 22.6 Å². The van der Waals surface area contributed by atoms with Crippen LogP contribution in [0.5, 0.6) is 0 Å². The molecule has 9 nitrogen and oxygen atoms in total. The molecule has 0 bridgehead atoms. The lowest BCUT2D eigenvalue weighted by atomic mass is 10.1. The predicted molar refractivity (Wildman–Crippen MR) is 95.2 cm³/mol.